The molecule has 0 rings (SSSR count). The topological polar surface area (TPSA) is 237 Å². The average molecular weight is 1310 g/mol. The lowest BCUT2D eigenvalue weighted by Gasteiger charge is -2.21. The molecule has 0 heterocycles. The van der Waals surface area contributed by atoms with Crippen molar-refractivity contribution in [3.63, 3.8) is 0 Å². The Bertz CT molecular complexity index is 1770. The Balaban J connectivity index is 5.21. The number of hydrogen-bond donors (Lipinski definition) is 3. The highest BCUT2D eigenvalue weighted by Gasteiger charge is 2.30. The molecule has 6 atom stereocenters. The fourth-order valence-electron chi connectivity index (χ4n) is 10.5. The van der Waals surface area contributed by atoms with Crippen LogP contribution >= 0.6 is 15.6 Å². The largest absolute Gasteiger partial charge is 0.472 e. The van der Waals surface area contributed by atoms with Crippen LogP contribution < -0.4 is 0 Å². The molecule has 0 aliphatic rings. The second-order valence-electron chi connectivity index (χ2n) is 26.9. The third-order valence-electron chi connectivity index (χ3n) is 16.4. The molecule has 0 bridgehead atoms. The summed E-state index contributed by atoms with van der Waals surface area (Å²) in [5.74, 6) is 0.822. The van der Waals surface area contributed by atoms with Crippen molar-refractivity contribution < 1.29 is 80.2 Å². The first kappa shape index (κ1) is 87.1. The van der Waals surface area contributed by atoms with Gasteiger partial charge in [0.15, 0.2) is 12.2 Å². The van der Waals surface area contributed by atoms with Crippen molar-refractivity contribution in [3.8, 4) is 0 Å². The van der Waals surface area contributed by atoms with Gasteiger partial charge in [0.25, 0.3) is 0 Å². The van der Waals surface area contributed by atoms with E-state index in [2.05, 4.69) is 55.4 Å². The van der Waals surface area contributed by atoms with Crippen LogP contribution in [0.5, 0.6) is 0 Å². The molecule has 0 radical (unpaired) electrons. The number of aliphatic hydroxyl groups is 1. The molecule has 3 unspecified atom stereocenters. The van der Waals surface area contributed by atoms with E-state index in [9.17, 15) is 43.2 Å². The monoisotopic (exact) mass is 1310 g/mol. The summed E-state index contributed by atoms with van der Waals surface area (Å²) in [4.78, 5) is 72.5. The van der Waals surface area contributed by atoms with Crippen LogP contribution in [0.4, 0.5) is 0 Å². The van der Waals surface area contributed by atoms with Crippen LogP contribution in [0, 0.1) is 23.7 Å². The number of hydrogen-bond acceptors (Lipinski definition) is 15. The van der Waals surface area contributed by atoms with Gasteiger partial charge in [0.05, 0.1) is 26.4 Å². The minimum Gasteiger partial charge on any atom is -0.462 e. The summed E-state index contributed by atoms with van der Waals surface area (Å²) < 4.78 is 68.2. The smallest absolute Gasteiger partial charge is 0.462 e. The predicted octanol–water partition coefficient (Wildman–Crippen LogP) is 19.7. The van der Waals surface area contributed by atoms with Gasteiger partial charge in [-0.05, 0) is 49.4 Å². The number of phosphoric acid groups is 2. The second-order valence-corrected chi connectivity index (χ2v) is 29.8. The fourth-order valence-corrected chi connectivity index (χ4v) is 12.0. The Labute approximate surface area is 543 Å². The van der Waals surface area contributed by atoms with E-state index in [0.717, 1.165) is 114 Å². The highest BCUT2D eigenvalue weighted by atomic mass is 31.2. The van der Waals surface area contributed by atoms with Crippen molar-refractivity contribution in [2.75, 3.05) is 39.6 Å². The van der Waals surface area contributed by atoms with Gasteiger partial charge in [0.2, 0.25) is 0 Å². The fraction of sp³-hybridized carbons (Fsp3) is 0.943. The van der Waals surface area contributed by atoms with Crippen LogP contribution in [0.15, 0.2) is 0 Å². The molecule has 0 aliphatic heterocycles. The zero-order valence-corrected chi connectivity index (χ0v) is 59.8. The lowest BCUT2D eigenvalue weighted by atomic mass is 10.00. The van der Waals surface area contributed by atoms with Gasteiger partial charge in [0, 0.05) is 25.7 Å². The molecule has 0 aromatic carbocycles. The maximum absolute atomic E-state index is 13.0. The highest BCUT2D eigenvalue weighted by molar-refractivity contribution is 7.47. The van der Waals surface area contributed by atoms with Crippen molar-refractivity contribution in [1.29, 1.82) is 0 Å². The number of carbonyl (C=O) groups is 4. The molecule has 0 fully saturated rings. The molecule has 17 nitrogen and oxygen atoms in total. The van der Waals surface area contributed by atoms with E-state index < -0.39 is 97.5 Å². The number of unbranched alkanes of at least 4 members (excludes halogenated alkanes) is 32. The molecular formula is C70H136O17P2. The SMILES string of the molecule is CCC(C)CCCCCCCCC(=O)OC[C@H](COP(=O)(O)OC[C@H](O)COP(=O)(O)OC[C@@H](COC(=O)CCCCCCCCCCCCCCCC(C)C)OC(=O)CCCCCCCCC(C)C)OC(=O)CCCCCCCCCCCCCC(C)C. The van der Waals surface area contributed by atoms with Gasteiger partial charge in [-0.25, -0.2) is 9.13 Å². The molecule has 89 heavy (non-hydrogen) atoms. The summed E-state index contributed by atoms with van der Waals surface area (Å²) in [6.07, 6.45) is 41.9. The molecule has 0 aromatic heterocycles. The molecule has 528 valence electrons. The van der Waals surface area contributed by atoms with E-state index in [0.29, 0.717) is 31.6 Å². The summed E-state index contributed by atoms with van der Waals surface area (Å²) in [6, 6.07) is 0. The summed E-state index contributed by atoms with van der Waals surface area (Å²) in [7, 11) is -9.90. The molecule has 3 N–H and O–H groups in total. The van der Waals surface area contributed by atoms with Gasteiger partial charge in [-0.1, -0.05) is 293 Å². The van der Waals surface area contributed by atoms with E-state index in [1.807, 2.05) is 0 Å². The number of esters is 4. The first-order chi connectivity index (χ1) is 42.6. The maximum atomic E-state index is 13.0. The van der Waals surface area contributed by atoms with Gasteiger partial charge in [0.1, 0.15) is 19.3 Å². The van der Waals surface area contributed by atoms with E-state index in [1.165, 1.54) is 141 Å². The maximum Gasteiger partial charge on any atom is 0.472 e. The molecule has 0 saturated heterocycles. The number of phosphoric ester groups is 2. The van der Waals surface area contributed by atoms with Crippen LogP contribution in [-0.2, 0) is 65.4 Å². The lowest BCUT2D eigenvalue weighted by molar-refractivity contribution is -0.161. The van der Waals surface area contributed by atoms with Crippen molar-refractivity contribution >= 4 is 39.5 Å². The molecule has 0 aliphatic carbocycles. The van der Waals surface area contributed by atoms with Crippen LogP contribution in [-0.4, -0.2) is 96.7 Å². The van der Waals surface area contributed by atoms with Gasteiger partial charge in [-0.2, -0.15) is 0 Å². The predicted molar refractivity (Wildman–Crippen MR) is 358 cm³/mol. The summed E-state index contributed by atoms with van der Waals surface area (Å²) in [5, 5.41) is 10.6. The van der Waals surface area contributed by atoms with Crippen LogP contribution in [0.3, 0.4) is 0 Å². The van der Waals surface area contributed by atoms with E-state index in [4.69, 9.17) is 37.0 Å². The first-order valence-corrected chi connectivity index (χ1v) is 39.2. The first-order valence-electron chi connectivity index (χ1n) is 36.2. The Hall–Kier alpha value is -1.94. The van der Waals surface area contributed by atoms with Crippen molar-refractivity contribution in [2.45, 2.75) is 363 Å². The number of carbonyl (C=O) groups excluding carboxylic acids is 4. The Morgan fingerprint density at radius 3 is 0.798 bits per heavy atom. The quantitative estimate of drug-likeness (QED) is 0.0222. The minimum atomic E-state index is -4.95. The molecule has 0 aromatic rings. The average Bonchev–Trinajstić information content (AvgIpc) is 3.70. The van der Waals surface area contributed by atoms with E-state index in [-0.39, 0.29) is 25.7 Å². The van der Waals surface area contributed by atoms with Crippen LogP contribution in [0.25, 0.3) is 0 Å². The van der Waals surface area contributed by atoms with Gasteiger partial charge < -0.3 is 33.8 Å². The lowest BCUT2D eigenvalue weighted by Crippen LogP contribution is -2.30. The third-order valence-corrected chi connectivity index (χ3v) is 18.3. The van der Waals surface area contributed by atoms with Crippen LogP contribution in [0.1, 0.15) is 344 Å². The van der Waals surface area contributed by atoms with Crippen molar-refractivity contribution in [1.82, 2.24) is 0 Å². The zero-order valence-electron chi connectivity index (χ0n) is 58.1. The van der Waals surface area contributed by atoms with E-state index >= 15 is 0 Å². The molecular weight excluding hydrogens is 1170 g/mol. The molecule has 0 amide bonds. The van der Waals surface area contributed by atoms with Gasteiger partial charge in [-0.3, -0.25) is 37.3 Å². The van der Waals surface area contributed by atoms with E-state index in [1.54, 1.807) is 0 Å². The molecule has 0 spiro atoms. The number of aliphatic hydroxyl groups excluding tert-OH is 1. The highest BCUT2D eigenvalue weighted by Crippen LogP contribution is 2.45. The Kier molecular flexibility index (Phi) is 58.5. The Morgan fingerprint density at radius 1 is 0.315 bits per heavy atom. The number of ether oxygens (including phenoxy) is 4. The summed E-state index contributed by atoms with van der Waals surface area (Å²) >= 11 is 0. The van der Waals surface area contributed by atoms with Crippen molar-refractivity contribution in [3.05, 3.63) is 0 Å². The Morgan fingerprint density at radius 2 is 0.539 bits per heavy atom. The van der Waals surface area contributed by atoms with Gasteiger partial charge in [-0.15, -0.1) is 0 Å². The third kappa shape index (κ3) is 63.2. The number of rotatable bonds is 67. The molecule has 0 saturated carbocycles. The minimum absolute atomic E-state index is 0.102. The second kappa shape index (κ2) is 59.8. The van der Waals surface area contributed by atoms with Gasteiger partial charge >= 0.3 is 39.5 Å². The molecule has 19 heteroatoms. The van der Waals surface area contributed by atoms with Crippen LogP contribution in [0.2, 0.25) is 0 Å². The normalized spacial score (nSPS) is 14.6. The van der Waals surface area contributed by atoms with Crippen molar-refractivity contribution in [2.24, 2.45) is 23.7 Å². The summed E-state index contributed by atoms with van der Waals surface area (Å²) in [6.45, 7) is 14.0. The zero-order chi connectivity index (χ0) is 66.1. The summed E-state index contributed by atoms with van der Waals surface area (Å²) in [5.41, 5.74) is 0. The standard InChI is InChI=1S/C70H136O17P2/c1-9-63(8)49-41-33-27-29-35-43-51-68(73)81-57-65(86-69(74)52-44-36-25-21-17-13-15-19-23-31-39-47-61(4)5)58-84-88(76,77)82-54-64(71)55-83-89(78,79)85-59-66(87-70(75)53-45-37-28-26-32-40-48-62(6)7)56-80-67(72)50-42-34-24-20-16-12-10-11-14-18-22-30-38-46-60(2)3/h60-66,71H,9-59H2,1-8H3,(H,76,77)(H,78,79)/t63?,64-,65+,66+/m0/s1.